The van der Waals surface area contributed by atoms with Gasteiger partial charge in [0.15, 0.2) is 0 Å². The van der Waals surface area contributed by atoms with Gasteiger partial charge in [-0.05, 0) is 6.92 Å². The van der Waals surface area contributed by atoms with Gasteiger partial charge in [0.05, 0.1) is 6.61 Å². The van der Waals surface area contributed by atoms with Crippen molar-refractivity contribution < 1.29 is 19.4 Å². The maximum absolute atomic E-state index is 11.1. The Morgan fingerprint density at radius 2 is 2.07 bits per heavy atom. The molecule has 0 bridgehead atoms. The highest BCUT2D eigenvalue weighted by Gasteiger charge is 2.20. The van der Waals surface area contributed by atoms with Gasteiger partial charge >= 0.3 is 5.97 Å². The first-order valence-electron chi connectivity index (χ1n) is 4.88. The second-order valence-corrected chi connectivity index (χ2v) is 2.98. The van der Waals surface area contributed by atoms with Crippen LogP contribution in [0.2, 0.25) is 0 Å². The number of esters is 1. The fraction of sp³-hybridized carbons (Fsp3) is 0.778. The number of rotatable bonds is 2. The largest absolute Gasteiger partial charge is 0.481 e. The van der Waals surface area contributed by atoms with Gasteiger partial charge in [-0.3, -0.25) is 9.59 Å². The molecule has 1 saturated heterocycles. The van der Waals surface area contributed by atoms with Gasteiger partial charge in [0, 0.05) is 26.6 Å². The van der Waals surface area contributed by atoms with Crippen LogP contribution in [0.5, 0.6) is 0 Å². The van der Waals surface area contributed by atoms with E-state index in [9.17, 15) is 4.79 Å². The van der Waals surface area contributed by atoms with Crippen LogP contribution < -0.4 is 10.6 Å². The zero-order valence-corrected chi connectivity index (χ0v) is 9.08. The Hall–Kier alpha value is -1.14. The topological polar surface area (TPSA) is 87.7 Å². The molecular formula is C9H18N2O4. The minimum atomic E-state index is -0.833. The maximum Gasteiger partial charge on any atom is 0.324 e. The lowest BCUT2D eigenvalue weighted by atomic mass is 10.2. The third-order valence-electron chi connectivity index (χ3n) is 1.61. The number of carbonyl (C=O) groups is 2. The van der Waals surface area contributed by atoms with Crippen LogP contribution >= 0.6 is 0 Å². The fourth-order valence-corrected chi connectivity index (χ4v) is 1.06. The van der Waals surface area contributed by atoms with Crippen molar-refractivity contribution in [1.29, 1.82) is 0 Å². The molecule has 0 spiro atoms. The van der Waals surface area contributed by atoms with Gasteiger partial charge in [0.25, 0.3) is 5.97 Å². The Labute approximate surface area is 89.0 Å². The predicted octanol–water partition coefficient (Wildman–Crippen LogP) is -0.798. The van der Waals surface area contributed by atoms with Crippen LogP contribution in [-0.4, -0.2) is 49.3 Å². The van der Waals surface area contributed by atoms with Crippen molar-refractivity contribution in [3.05, 3.63) is 0 Å². The van der Waals surface area contributed by atoms with E-state index in [0.29, 0.717) is 13.2 Å². The first-order chi connectivity index (χ1) is 7.07. The van der Waals surface area contributed by atoms with Gasteiger partial charge in [0.1, 0.15) is 6.04 Å². The molecule has 0 aromatic rings. The minimum Gasteiger partial charge on any atom is -0.481 e. The Kier molecular flexibility index (Phi) is 7.57. The minimum absolute atomic E-state index is 0.149. The van der Waals surface area contributed by atoms with Crippen molar-refractivity contribution in [2.24, 2.45) is 0 Å². The van der Waals surface area contributed by atoms with Crippen LogP contribution in [-0.2, 0) is 14.3 Å². The van der Waals surface area contributed by atoms with Crippen molar-refractivity contribution in [3.63, 3.8) is 0 Å². The van der Waals surface area contributed by atoms with Crippen LogP contribution in [0.3, 0.4) is 0 Å². The summed E-state index contributed by atoms with van der Waals surface area (Å²) >= 11 is 0. The first-order valence-corrected chi connectivity index (χ1v) is 4.88. The van der Waals surface area contributed by atoms with Crippen molar-refractivity contribution >= 4 is 11.9 Å². The lowest BCUT2D eigenvalue weighted by Crippen LogP contribution is -2.52. The zero-order chi connectivity index (χ0) is 11.7. The Morgan fingerprint density at radius 1 is 1.47 bits per heavy atom. The van der Waals surface area contributed by atoms with Crippen molar-refractivity contribution in [2.75, 3.05) is 26.2 Å². The Morgan fingerprint density at radius 3 is 2.47 bits per heavy atom. The quantitative estimate of drug-likeness (QED) is 0.526. The van der Waals surface area contributed by atoms with E-state index >= 15 is 0 Å². The van der Waals surface area contributed by atoms with Crippen LogP contribution in [0.4, 0.5) is 0 Å². The molecule has 0 saturated carbocycles. The molecule has 1 unspecified atom stereocenters. The van der Waals surface area contributed by atoms with E-state index in [1.807, 2.05) is 6.92 Å². The predicted molar refractivity (Wildman–Crippen MR) is 54.6 cm³/mol. The highest BCUT2D eigenvalue weighted by Crippen LogP contribution is 1.90. The fourth-order valence-electron chi connectivity index (χ4n) is 1.06. The highest BCUT2D eigenvalue weighted by molar-refractivity contribution is 5.76. The summed E-state index contributed by atoms with van der Waals surface area (Å²) in [4.78, 5) is 20.1. The normalized spacial score (nSPS) is 19.7. The molecule has 0 aliphatic carbocycles. The number of aliphatic carboxylic acids is 1. The lowest BCUT2D eigenvalue weighted by molar-refractivity contribution is -0.145. The van der Waals surface area contributed by atoms with E-state index in [1.54, 1.807) is 0 Å². The van der Waals surface area contributed by atoms with Crippen molar-refractivity contribution in [2.45, 2.75) is 19.9 Å². The molecule has 0 aromatic carbocycles. The number of carboxylic acid groups (broad SMARTS) is 1. The van der Waals surface area contributed by atoms with Gasteiger partial charge in [0.2, 0.25) is 0 Å². The standard InChI is InChI=1S/C7H14N2O2.C2H4O2/c1-2-11-7(10)6-5-8-3-4-9-6;1-2(3)4/h6,8-9H,2-5H2,1H3;1H3,(H,3,4). The summed E-state index contributed by atoms with van der Waals surface area (Å²) in [6.07, 6.45) is 0. The molecule has 3 N–H and O–H groups in total. The molecule has 1 aliphatic heterocycles. The molecule has 1 atom stereocenters. The van der Waals surface area contributed by atoms with E-state index in [0.717, 1.165) is 20.0 Å². The molecule has 6 nitrogen and oxygen atoms in total. The number of carboxylic acids is 1. The molecule has 1 aliphatic rings. The van der Waals surface area contributed by atoms with Gasteiger partial charge in [-0.15, -0.1) is 0 Å². The van der Waals surface area contributed by atoms with Crippen LogP contribution in [0.25, 0.3) is 0 Å². The average molecular weight is 218 g/mol. The molecule has 0 aromatic heterocycles. The van der Waals surface area contributed by atoms with E-state index in [2.05, 4.69) is 10.6 Å². The van der Waals surface area contributed by atoms with Gasteiger partial charge < -0.3 is 20.5 Å². The molecule has 1 rings (SSSR count). The van der Waals surface area contributed by atoms with E-state index in [-0.39, 0.29) is 12.0 Å². The molecular weight excluding hydrogens is 200 g/mol. The number of piperazine rings is 1. The molecule has 88 valence electrons. The number of nitrogens with one attached hydrogen (secondary N) is 2. The molecule has 1 heterocycles. The summed E-state index contributed by atoms with van der Waals surface area (Å²) in [6, 6.07) is -0.149. The smallest absolute Gasteiger partial charge is 0.324 e. The SMILES string of the molecule is CC(=O)O.CCOC(=O)C1CNCCN1. The molecule has 0 radical (unpaired) electrons. The summed E-state index contributed by atoms with van der Waals surface area (Å²) in [5.74, 6) is -0.986. The third-order valence-corrected chi connectivity index (χ3v) is 1.61. The number of hydrogen-bond donors (Lipinski definition) is 3. The monoisotopic (exact) mass is 218 g/mol. The average Bonchev–Trinajstić information content (AvgIpc) is 2.19. The van der Waals surface area contributed by atoms with Crippen LogP contribution in [0, 0.1) is 0 Å². The molecule has 6 heteroatoms. The van der Waals surface area contributed by atoms with Gasteiger partial charge in [-0.1, -0.05) is 0 Å². The summed E-state index contributed by atoms with van der Waals surface area (Å²) < 4.78 is 4.84. The number of carbonyl (C=O) groups excluding carboxylic acids is 1. The Balaban J connectivity index is 0.000000423. The summed E-state index contributed by atoms with van der Waals surface area (Å²) in [7, 11) is 0. The maximum atomic E-state index is 11.1. The zero-order valence-electron chi connectivity index (χ0n) is 9.08. The lowest BCUT2D eigenvalue weighted by Gasteiger charge is -2.22. The molecule has 1 fully saturated rings. The van der Waals surface area contributed by atoms with Crippen LogP contribution in [0.15, 0.2) is 0 Å². The highest BCUT2D eigenvalue weighted by atomic mass is 16.5. The number of hydrogen-bond acceptors (Lipinski definition) is 5. The second-order valence-electron chi connectivity index (χ2n) is 2.98. The van der Waals surface area contributed by atoms with Gasteiger partial charge in [-0.25, -0.2) is 0 Å². The van der Waals surface area contributed by atoms with E-state index < -0.39 is 5.97 Å². The third kappa shape index (κ3) is 7.90. The van der Waals surface area contributed by atoms with E-state index in [1.165, 1.54) is 0 Å². The summed E-state index contributed by atoms with van der Waals surface area (Å²) in [5, 5.41) is 13.6. The second kappa shape index (κ2) is 8.19. The van der Waals surface area contributed by atoms with Crippen molar-refractivity contribution in [3.8, 4) is 0 Å². The molecule has 0 amide bonds. The summed E-state index contributed by atoms with van der Waals surface area (Å²) in [6.45, 7) is 5.80. The number of ether oxygens (including phenoxy) is 1. The van der Waals surface area contributed by atoms with Gasteiger partial charge in [-0.2, -0.15) is 0 Å². The first kappa shape index (κ1) is 13.9. The van der Waals surface area contributed by atoms with Crippen molar-refractivity contribution in [1.82, 2.24) is 10.6 Å². The van der Waals surface area contributed by atoms with E-state index in [4.69, 9.17) is 14.6 Å². The summed E-state index contributed by atoms with van der Waals surface area (Å²) in [5.41, 5.74) is 0. The molecule has 15 heavy (non-hydrogen) atoms. The Bertz CT molecular complexity index is 198. The van der Waals surface area contributed by atoms with Crippen LogP contribution in [0.1, 0.15) is 13.8 Å².